The number of aryl methyl sites for hydroxylation is 1. The number of aromatic amines is 1. The molecule has 2 N–H and O–H groups in total. The lowest BCUT2D eigenvalue weighted by atomic mass is 10.0. The summed E-state index contributed by atoms with van der Waals surface area (Å²) >= 11 is 0. The Kier molecular flexibility index (Phi) is 4.79. The molecule has 3 aromatic rings. The van der Waals surface area contributed by atoms with Crippen LogP contribution in [0.25, 0.3) is 11.3 Å². The number of nitrogens with one attached hydrogen (secondary N) is 2. The van der Waals surface area contributed by atoms with Crippen molar-refractivity contribution in [1.82, 2.24) is 20.3 Å². The highest BCUT2D eigenvalue weighted by molar-refractivity contribution is 5.98. The topological polar surface area (TPSA) is 73.9 Å². The van der Waals surface area contributed by atoms with E-state index in [1.54, 1.807) is 12.5 Å². The average molecular weight is 335 g/mol. The van der Waals surface area contributed by atoms with Gasteiger partial charge in [0.05, 0.1) is 6.33 Å². The van der Waals surface area contributed by atoms with Gasteiger partial charge in [-0.15, -0.1) is 0 Å². The molecule has 0 bridgehead atoms. The molecule has 0 aliphatic heterocycles. The molecule has 0 fully saturated rings. The number of amides is 1. The maximum Gasteiger partial charge on any atom is 0.270 e. The first-order valence-electron chi connectivity index (χ1n) is 8.06. The van der Waals surface area contributed by atoms with Crippen molar-refractivity contribution in [3.8, 4) is 11.3 Å². The molecule has 0 aliphatic rings. The number of rotatable bonds is 5. The van der Waals surface area contributed by atoms with E-state index >= 15 is 0 Å². The maximum atomic E-state index is 12.6. The van der Waals surface area contributed by atoms with Gasteiger partial charge in [0.25, 0.3) is 5.91 Å². The van der Waals surface area contributed by atoms with Crippen LogP contribution in [0, 0.1) is 6.92 Å². The van der Waals surface area contributed by atoms with Crippen molar-refractivity contribution < 1.29 is 4.79 Å². The van der Waals surface area contributed by atoms with Crippen molar-refractivity contribution in [3.63, 3.8) is 0 Å². The standard InChI is InChI=1S/C19H21N5O/c1-13-7-4-5-9-15(13)16-17(23-12-22-16)19(25)21-11-14-8-6-10-20-18(14)24(2)3/h4-10,12H,11H2,1-3H3,(H,21,25)(H,22,23). The summed E-state index contributed by atoms with van der Waals surface area (Å²) in [6, 6.07) is 11.7. The van der Waals surface area contributed by atoms with Gasteiger partial charge < -0.3 is 15.2 Å². The Morgan fingerprint density at radius 3 is 2.72 bits per heavy atom. The second kappa shape index (κ2) is 7.17. The van der Waals surface area contributed by atoms with E-state index in [9.17, 15) is 4.79 Å². The summed E-state index contributed by atoms with van der Waals surface area (Å²) in [6.07, 6.45) is 3.29. The van der Waals surface area contributed by atoms with Crippen LogP contribution in [0.1, 0.15) is 21.6 Å². The van der Waals surface area contributed by atoms with Gasteiger partial charge in [-0.3, -0.25) is 4.79 Å². The summed E-state index contributed by atoms with van der Waals surface area (Å²) in [7, 11) is 3.86. The number of pyridine rings is 1. The zero-order chi connectivity index (χ0) is 17.8. The van der Waals surface area contributed by atoms with E-state index in [0.29, 0.717) is 17.9 Å². The Labute approximate surface area is 146 Å². The van der Waals surface area contributed by atoms with E-state index in [0.717, 1.165) is 22.5 Å². The van der Waals surface area contributed by atoms with E-state index < -0.39 is 0 Å². The molecule has 0 unspecified atom stereocenters. The Hall–Kier alpha value is -3.15. The predicted molar refractivity (Wildman–Crippen MR) is 98.5 cm³/mol. The Morgan fingerprint density at radius 2 is 1.96 bits per heavy atom. The number of carbonyl (C=O) groups excluding carboxylic acids is 1. The number of carbonyl (C=O) groups is 1. The predicted octanol–water partition coefficient (Wildman–Crippen LogP) is 2.78. The fraction of sp³-hybridized carbons (Fsp3) is 0.211. The number of hydrogen-bond acceptors (Lipinski definition) is 4. The zero-order valence-electron chi connectivity index (χ0n) is 14.6. The van der Waals surface area contributed by atoms with Gasteiger partial charge in [-0.2, -0.15) is 0 Å². The highest BCUT2D eigenvalue weighted by atomic mass is 16.1. The molecular formula is C19H21N5O. The number of imidazole rings is 1. The third kappa shape index (κ3) is 3.52. The summed E-state index contributed by atoms with van der Waals surface area (Å²) in [5.74, 6) is 0.649. The number of anilines is 1. The fourth-order valence-electron chi connectivity index (χ4n) is 2.75. The van der Waals surface area contributed by atoms with E-state index in [4.69, 9.17) is 0 Å². The number of H-pyrrole nitrogens is 1. The minimum atomic E-state index is -0.190. The average Bonchev–Trinajstić information content (AvgIpc) is 3.09. The number of nitrogens with zero attached hydrogens (tertiary/aromatic N) is 3. The third-order valence-corrected chi connectivity index (χ3v) is 4.00. The summed E-state index contributed by atoms with van der Waals surface area (Å²) < 4.78 is 0. The monoisotopic (exact) mass is 335 g/mol. The minimum Gasteiger partial charge on any atom is -0.362 e. The molecule has 6 nitrogen and oxygen atoms in total. The van der Waals surface area contributed by atoms with Crippen molar-refractivity contribution in [1.29, 1.82) is 0 Å². The molecule has 0 atom stereocenters. The second-order valence-electron chi connectivity index (χ2n) is 6.00. The summed E-state index contributed by atoms with van der Waals surface area (Å²) in [6.45, 7) is 2.40. The highest BCUT2D eigenvalue weighted by Crippen LogP contribution is 2.24. The van der Waals surface area contributed by atoms with Crippen LogP contribution in [0.3, 0.4) is 0 Å². The number of hydrogen-bond donors (Lipinski definition) is 2. The van der Waals surface area contributed by atoms with Gasteiger partial charge in [0.2, 0.25) is 0 Å². The van der Waals surface area contributed by atoms with Gasteiger partial charge in [-0.05, 0) is 18.6 Å². The van der Waals surface area contributed by atoms with Crippen LogP contribution >= 0.6 is 0 Å². The van der Waals surface area contributed by atoms with Crippen LogP contribution in [-0.4, -0.2) is 35.0 Å². The normalized spacial score (nSPS) is 10.5. The van der Waals surface area contributed by atoms with Crippen LogP contribution < -0.4 is 10.2 Å². The number of benzene rings is 1. The van der Waals surface area contributed by atoms with Gasteiger partial charge in [-0.1, -0.05) is 30.3 Å². The largest absolute Gasteiger partial charge is 0.362 e. The molecule has 0 saturated carbocycles. The molecule has 3 rings (SSSR count). The third-order valence-electron chi connectivity index (χ3n) is 4.00. The van der Waals surface area contributed by atoms with Gasteiger partial charge in [0.15, 0.2) is 0 Å². The first-order chi connectivity index (χ1) is 12.1. The molecule has 1 aromatic carbocycles. The van der Waals surface area contributed by atoms with Crippen LogP contribution in [0.5, 0.6) is 0 Å². The lowest BCUT2D eigenvalue weighted by molar-refractivity contribution is 0.0947. The Morgan fingerprint density at radius 1 is 1.16 bits per heavy atom. The van der Waals surface area contributed by atoms with Crippen molar-refractivity contribution in [2.24, 2.45) is 0 Å². The maximum absolute atomic E-state index is 12.6. The lowest BCUT2D eigenvalue weighted by Gasteiger charge is -2.16. The van der Waals surface area contributed by atoms with Crippen LogP contribution in [0.4, 0.5) is 5.82 Å². The van der Waals surface area contributed by atoms with E-state index in [-0.39, 0.29) is 5.91 Å². The fourth-order valence-corrected chi connectivity index (χ4v) is 2.75. The SMILES string of the molecule is Cc1ccccc1-c1nc[nH]c1C(=O)NCc1cccnc1N(C)C. The van der Waals surface area contributed by atoms with Gasteiger partial charge >= 0.3 is 0 Å². The van der Waals surface area contributed by atoms with Crippen molar-refractivity contribution in [2.75, 3.05) is 19.0 Å². The number of aromatic nitrogens is 3. The Balaban J connectivity index is 1.80. The molecule has 25 heavy (non-hydrogen) atoms. The van der Waals surface area contributed by atoms with Gasteiger partial charge in [-0.25, -0.2) is 9.97 Å². The first-order valence-corrected chi connectivity index (χ1v) is 8.06. The molecule has 128 valence electrons. The lowest BCUT2D eigenvalue weighted by Crippen LogP contribution is -2.25. The minimum absolute atomic E-state index is 0.190. The van der Waals surface area contributed by atoms with Crippen LogP contribution in [-0.2, 0) is 6.54 Å². The second-order valence-corrected chi connectivity index (χ2v) is 6.00. The summed E-state index contributed by atoms with van der Waals surface area (Å²) in [4.78, 5) is 26.2. The summed E-state index contributed by atoms with van der Waals surface area (Å²) in [5, 5.41) is 2.95. The van der Waals surface area contributed by atoms with Crippen LogP contribution in [0.15, 0.2) is 48.9 Å². The quantitative estimate of drug-likeness (QED) is 0.752. The first kappa shape index (κ1) is 16.7. The molecule has 2 aromatic heterocycles. The molecule has 0 radical (unpaired) electrons. The molecule has 0 aliphatic carbocycles. The van der Waals surface area contributed by atoms with Crippen molar-refractivity contribution >= 4 is 11.7 Å². The van der Waals surface area contributed by atoms with E-state index in [2.05, 4.69) is 20.3 Å². The Bertz CT molecular complexity index is 885. The van der Waals surface area contributed by atoms with E-state index in [1.165, 1.54) is 0 Å². The molecular weight excluding hydrogens is 314 g/mol. The zero-order valence-corrected chi connectivity index (χ0v) is 14.6. The molecule has 2 heterocycles. The smallest absolute Gasteiger partial charge is 0.270 e. The van der Waals surface area contributed by atoms with Gasteiger partial charge in [0, 0.05) is 38.0 Å². The highest BCUT2D eigenvalue weighted by Gasteiger charge is 2.17. The summed E-state index contributed by atoms with van der Waals surface area (Å²) in [5.41, 5.74) is 4.10. The van der Waals surface area contributed by atoms with Crippen molar-refractivity contribution in [3.05, 3.63) is 65.7 Å². The van der Waals surface area contributed by atoms with Crippen molar-refractivity contribution in [2.45, 2.75) is 13.5 Å². The molecule has 0 saturated heterocycles. The van der Waals surface area contributed by atoms with Gasteiger partial charge in [0.1, 0.15) is 17.2 Å². The van der Waals surface area contributed by atoms with E-state index in [1.807, 2.05) is 62.3 Å². The molecule has 6 heteroatoms. The molecule has 0 spiro atoms. The molecule has 1 amide bonds. The van der Waals surface area contributed by atoms with Crippen LogP contribution in [0.2, 0.25) is 0 Å².